The van der Waals surface area contributed by atoms with Crippen molar-refractivity contribution >= 4 is 5.97 Å². The summed E-state index contributed by atoms with van der Waals surface area (Å²) in [5, 5.41) is 17.5. The molecule has 1 aromatic rings. The van der Waals surface area contributed by atoms with Crippen molar-refractivity contribution in [1.29, 1.82) is 0 Å². The van der Waals surface area contributed by atoms with Gasteiger partial charge in [0.2, 0.25) is 0 Å². The van der Waals surface area contributed by atoms with E-state index in [1.165, 1.54) is 0 Å². The van der Waals surface area contributed by atoms with E-state index in [2.05, 4.69) is 4.98 Å². The van der Waals surface area contributed by atoms with Crippen LogP contribution in [-0.2, 0) is 11.2 Å². The molecule has 0 aliphatic rings. The second kappa shape index (κ2) is 3.99. The van der Waals surface area contributed by atoms with Gasteiger partial charge >= 0.3 is 5.97 Å². The molecule has 0 atom stereocenters. The number of carboxylic acids is 1. The van der Waals surface area contributed by atoms with Crippen LogP contribution >= 0.6 is 0 Å². The molecule has 0 saturated heterocycles. The Morgan fingerprint density at radius 2 is 2.14 bits per heavy atom. The van der Waals surface area contributed by atoms with E-state index >= 15 is 0 Å². The number of carbonyl (C=O) groups is 1. The van der Waals surface area contributed by atoms with Crippen LogP contribution in [0, 0.1) is 0 Å². The van der Waals surface area contributed by atoms with Crippen LogP contribution in [0.2, 0.25) is 0 Å². The first-order valence-electron chi connectivity index (χ1n) is 3.69. The highest BCUT2D eigenvalue weighted by atomic mass is 19.3. The average Bonchev–Trinajstić information content (AvgIpc) is 2.07. The van der Waals surface area contributed by atoms with Crippen LogP contribution < -0.4 is 0 Å². The van der Waals surface area contributed by atoms with E-state index in [0.717, 1.165) is 12.1 Å². The Balaban J connectivity index is 3.02. The van der Waals surface area contributed by atoms with Crippen LogP contribution in [0.25, 0.3) is 0 Å². The number of aromatic hydroxyl groups is 1. The molecule has 0 unspecified atom stereocenters. The largest absolute Gasteiger partial charge is 0.506 e. The number of carboxylic acid groups (broad SMARTS) is 1. The Morgan fingerprint density at radius 3 is 2.64 bits per heavy atom. The Morgan fingerprint density at radius 1 is 1.50 bits per heavy atom. The van der Waals surface area contributed by atoms with Crippen LogP contribution in [0.3, 0.4) is 0 Å². The van der Waals surface area contributed by atoms with Crippen molar-refractivity contribution < 1.29 is 23.8 Å². The highest BCUT2D eigenvalue weighted by Crippen LogP contribution is 2.21. The van der Waals surface area contributed by atoms with Gasteiger partial charge in [0.1, 0.15) is 11.4 Å². The highest BCUT2D eigenvalue weighted by Gasteiger charge is 2.13. The number of alkyl halides is 2. The molecular formula is C8H7F2NO3. The molecule has 1 aromatic heterocycles. The third-order valence-electron chi connectivity index (χ3n) is 1.51. The van der Waals surface area contributed by atoms with Gasteiger partial charge in [-0.15, -0.1) is 0 Å². The molecule has 1 rings (SSSR count). The summed E-state index contributed by atoms with van der Waals surface area (Å²) < 4.78 is 24.2. The van der Waals surface area contributed by atoms with Crippen molar-refractivity contribution in [1.82, 2.24) is 4.98 Å². The number of hydrogen-bond donors (Lipinski definition) is 2. The van der Waals surface area contributed by atoms with Crippen molar-refractivity contribution in [3.05, 3.63) is 23.5 Å². The van der Waals surface area contributed by atoms with Crippen LogP contribution in [0.5, 0.6) is 5.75 Å². The van der Waals surface area contributed by atoms with E-state index in [9.17, 15) is 13.6 Å². The molecule has 0 fully saturated rings. The molecular weight excluding hydrogens is 196 g/mol. The fourth-order valence-corrected chi connectivity index (χ4v) is 0.906. The minimum Gasteiger partial charge on any atom is -0.506 e. The summed E-state index contributed by atoms with van der Waals surface area (Å²) in [4.78, 5) is 13.6. The number of rotatable bonds is 3. The van der Waals surface area contributed by atoms with Gasteiger partial charge in [0.25, 0.3) is 6.43 Å². The van der Waals surface area contributed by atoms with Crippen LogP contribution in [0.15, 0.2) is 12.1 Å². The SMILES string of the molecule is O=C(O)Cc1nc(C(F)F)ccc1O. The van der Waals surface area contributed by atoms with Gasteiger partial charge in [-0.25, -0.2) is 13.8 Å². The minimum atomic E-state index is -2.77. The predicted molar refractivity (Wildman–Crippen MR) is 42.2 cm³/mol. The molecule has 14 heavy (non-hydrogen) atoms. The highest BCUT2D eigenvalue weighted by molar-refractivity contribution is 5.70. The van der Waals surface area contributed by atoms with E-state index in [1.54, 1.807) is 0 Å². The lowest BCUT2D eigenvalue weighted by Crippen LogP contribution is -2.04. The summed E-state index contributed by atoms with van der Waals surface area (Å²) in [7, 11) is 0. The second-order valence-corrected chi connectivity index (χ2v) is 2.57. The first-order chi connectivity index (χ1) is 6.50. The third kappa shape index (κ3) is 2.38. The van der Waals surface area contributed by atoms with Gasteiger partial charge in [-0.05, 0) is 12.1 Å². The Labute approximate surface area is 77.8 Å². The van der Waals surface area contributed by atoms with Crippen LogP contribution in [-0.4, -0.2) is 21.2 Å². The van der Waals surface area contributed by atoms with E-state index in [4.69, 9.17) is 10.2 Å². The first-order valence-corrected chi connectivity index (χ1v) is 3.69. The molecule has 0 spiro atoms. The standard InChI is InChI=1S/C8H7F2NO3/c9-8(10)4-1-2-6(12)5(11-4)3-7(13)14/h1-2,8,12H,3H2,(H,13,14). The van der Waals surface area contributed by atoms with Gasteiger partial charge in [-0.1, -0.05) is 0 Å². The average molecular weight is 203 g/mol. The van der Waals surface area contributed by atoms with Crippen molar-refractivity contribution in [2.45, 2.75) is 12.8 Å². The smallest absolute Gasteiger partial charge is 0.309 e. The summed E-state index contributed by atoms with van der Waals surface area (Å²) in [5.41, 5.74) is -0.797. The summed E-state index contributed by atoms with van der Waals surface area (Å²) >= 11 is 0. The number of aromatic nitrogens is 1. The van der Waals surface area contributed by atoms with Crippen molar-refractivity contribution in [3.63, 3.8) is 0 Å². The molecule has 76 valence electrons. The normalized spacial score (nSPS) is 10.5. The van der Waals surface area contributed by atoms with Gasteiger partial charge in [0.05, 0.1) is 12.1 Å². The van der Waals surface area contributed by atoms with Crippen LogP contribution in [0.4, 0.5) is 8.78 Å². The molecule has 0 aliphatic heterocycles. The maximum atomic E-state index is 12.1. The molecule has 0 saturated carbocycles. The zero-order chi connectivity index (χ0) is 10.7. The fraction of sp³-hybridized carbons (Fsp3) is 0.250. The number of halogens is 2. The summed E-state index contributed by atoms with van der Waals surface area (Å²) in [6, 6.07) is 1.96. The molecule has 0 radical (unpaired) electrons. The second-order valence-electron chi connectivity index (χ2n) is 2.57. The van der Waals surface area contributed by atoms with Crippen molar-refractivity contribution in [2.24, 2.45) is 0 Å². The summed E-state index contributed by atoms with van der Waals surface area (Å²) in [6.45, 7) is 0. The molecule has 2 N–H and O–H groups in total. The molecule has 0 aliphatic carbocycles. The maximum Gasteiger partial charge on any atom is 0.309 e. The number of hydrogen-bond acceptors (Lipinski definition) is 3. The maximum absolute atomic E-state index is 12.1. The van der Waals surface area contributed by atoms with Gasteiger partial charge in [-0.3, -0.25) is 4.79 Å². The van der Waals surface area contributed by atoms with Gasteiger partial charge < -0.3 is 10.2 Å². The fourth-order valence-electron chi connectivity index (χ4n) is 0.906. The first kappa shape index (κ1) is 10.4. The molecule has 0 bridgehead atoms. The van der Waals surface area contributed by atoms with Gasteiger partial charge in [0.15, 0.2) is 0 Å². The van der Waals surface area contributed by atoms with E-state index in [0.29, 0.717) is 0 Å². The lowest BCUT2D eigenvalue weighted by Gasteiger charge is -2.03. The predicted octanol–water partition coefficient (Wildman–Crippen LogP) is 1.35. The quantitative estimate of drug-likeness (QED) is 0.777. The number of aliphatic carboxylic acids is 1. The van der Waals surface area contributed by atoms with Gasteiger partial charge in [-0.2, -0.15) is 0 Å². The van der Waals surface area contributed by atoms with Crippen molar-refractivity contribution in [2.75, 3.05) is 0 Å². The monoisotopic (exact) mass is 203 g/mol. The van der Waals surface area contributed by atoms with E-state index < -0.39 is 30.3 Å². The summed E-state index contributed by atoms with van der Waals surface area (Å²) in [6.07, 6.45) is -3.35. The Kier molecular flexibility index (Phi) is 2.95. The molecule has 1 heterocycles. The Hall–Kier alpha value is -1.72. The lowest BCUT2D eigenvalue weighted by molar-refractivity contribution is -0.136. The van der Waals surface area contributed by atoms with Gasteiger partial charge in [0, 0.05) is 0 Å². The zero-order valence-corrected chi connectivity index (χ0v) is 6.94. The minimum absolute atomic E-state index is 0.254. The number of nitrogens with zero attached hydrogens (tertiary/aromatic N) is 1. The van der Waals surface area contributed by atoms with Crippen molar-refractivity contribution in [3.8, 4) is 5.75 Å². The summed E-state index contributed by atoms with van der Waals surface area (Å²) in [5.74, 6) is -1.63. The van der Waals surface area contributed by atoms with Crippen LogP contribution in [0.1, 0.15) is 17.8 Å². The zero-order valence-electron chi connectivity index (χ0n) is 6.94. The number of pyridine rings is 1. The van der Waals surface area contributed by atoms with E-state index in [1.807, 2.05) is 0 Å². The molecule has 0 amide bonds. The third-order valence-corrected chi connectivity index (χ3v) is 1.51. The molecule has 0 aromatic carbocycles. The lowest BCUT2D eigenvalue weighted by atomic mass is 10.2. The molecule has 6 heteroatoms. The van der Waals surface area contributed by atoms with E-state index in [-0.39, 0.29) is 5.69 Å². The molecule has 4 nitrogen and oxygen atoms in total. The topological polar surface area (TPSA) is 70.4 Å². The Bertz CT molecular complexity index is 354.